The van der Waals surface area contributed by atoms with Crippen molar-refractivity contribution in [1.82, 2.24) is 4.90 Å². The summed E-state index contributed by atoms with van der Waals surface area (Å²) in [7, 11) is 1.58. The van der Waals surface area contributed by atoms with Crippen LogP contribution in [0.3, 0.4) is 0 Å². The summed E-state index contributed by atoms with van der Waals surface area (Å²) in [5.74, 6) is -0.514. The van der Waals surface area contributed by atoms with E-state index in [0.717, 1.165) is 17.4 Å². The Hall–Kier alpha value is -3.13. The Balaban J connectivity index is 1.91. The van der Waals surface area contributed by atoms with Gasteiger partial charge in [0.2, 0.25) is 0 Å². The molecule has 0 fully saturated rings. The summed E-state index contributed by atoms with van der Waals surface area (Å²) in [4.78, 5) is 35.8. The van der Waals surface area contributed by atoms with Crippen LogP contribution in [0.1, 0.15) is 22.8 Å². The van der Waals surface area contributed by atoms with E-state index in [1.807, 2.05) is 31.2 Å². The van der Waals surface area contributed by atoms with E-state index in [9.17, 15) is 19.7 Å². The zero-order valence-electron chi connectivity index (χ0n) is 15.4. The average molecular weight is 407 g/mol. The Morgan fingerprint density at radius 1 is 1.18 bits per heavy atom. The fourth-order valence-corrected chi connectivity index (χ4v) is 2.51. The number of hydrogen-bond donors (Lipinski definition) is 0. The van der Waals surface area contributed by atoms with E-state index in [2.05, 4.69) is 0 Å². The third-order valence-electron chi connectivity index (χ3n) is 3.79. The molecule has 0 aliphatic rings. The van der Waals surface area contributed by atoms with E-state index >= 15 is 0 Å². The van der Waals surface area contributed by atoms with Gasteiger partial charge in [0.15, 0.2) is 6.61 Å². The van der Waals surface area contributed by atoms with Crippen molar-refractivity contribution in [2.75, 3.05) is 20.3 Å². The Morgan fingerprint density at radius 2 is 1.86 bits per heavy atom. The minimum absolute atomic E-state index is 0.0573. The maximum absolute atomic E-state index is 12.2. The second kappa shape index (κ2) is 9.70. The molecule has 2 rings (SSSR count). The summed E-state index contributed by atoms with van der Waals surface area (Å²) < 4.78 is 10.3. The molecule has 0 aliphatic carbocycles. The molecule has 0 spiro atoms. The lowest BCUT2D eigenvalue weighted by molar-refractivity contribution is -0.384. The molecule has 28 heavy (non-hydrogen) atoms. The van der Waals surface area contributed by atoms with Crippen molar-refractivity contribution < 1.29 is 24.0 Å². The first-order valence-corrected chi connectivity index (χ1v) is 8.76. The second-order valence-electron chi connectivity index (χ2n) is 5.83. The van der Waals surface area contributed by atoms with Crippen molar-refractivity contribution in [3.63, 3.8) is 0 Å². The molecule has 0 unspecified atom stereocenters. The molecule has 9 heteroatoms. The van der Waals surface area contributed by atoms with Gasteiger partial charge in [0.25, 0.3) is 11.6 Å². The van der Waals surface area contributed by atoms with E-state index in [-0.39, 0.29) is 10.6 Å². The molecule has 0 heterocycles. The number of carbonyl (C=O) groups excluding carboxylic acids is 2. The van der Waals surface area contributed by atoms with Gasteiger partial charge in [-0.3, -0.25) is 14.9 Å². The normalized spacial score (nSPS) is 10.2. The van der Waals surface area contributed by atoms with Crippen LogP contribution in [0.2, 0.25) is 5.02 Å². The van der Waals surface area contributed by atoms with Crippen LogP contribution in [0.5, 0.6) is 5.75 Å². The van der Waals surface area contributed by atoms with Crippen molar-refractivity contribution in [2.45, 2.75) is 13.5 Å². The van der Waals surface area contributed by atoms with Crippen LogP contribution < -0.4 is 4.74 Å². The summed E-state index contributed by atoms with van der Waals surface area (Å²) in [5, 5.41) is 10.8. The number of hydrogen-bond acceptors (Lipinski definition) is 6. The third-order valence-corrected chi connectivity index (χ3v) is 4.10. The highest BCUT2D eigenvalue weighted by Gasteiger charge is 2.19. The molecule has 8 nitrogen and oxygen atoms in total. The second-order valence-corrected chi connectivity index (χ2v) is 6.23. The molecular formula is C19H19ClN2O6. The third kappa shape index (κ3) is 5.68. The number of esters is 1. The highest BCUT2D eigenvalue weighted by atomic mass is 35.5. The molecule has 0 radical (unpaired) electrons. The lowest BCUT2D eigenvalue weighted by Crippen LogP contribution is -2.30. The van der Waals surface area contributed by atoms with Crippen molar-refractivity contribution in [1.29, 1.82) is 0 Å². The van der Waals surface area contributed by atoms with Crippen LogP contribution in [0.4, 0.5) is 5.69 Å². The van der Waals surface area contributed by atoms with Crippen LogP contribution in [0.25, 0.3) is 0 Å². The molecule has 0 saturated carbocycles. The smallest absolute Gasteiger partial charge is 0.338 e. The van der Waals surface area contributed by atoms with Gasteiger partial charge < -0.3 is 14.4 Å². The Morgan fingerprint density at radius 3 is 2.46 bits per heavy atom. The number of nitro benzene ring substituents is 1. The van der Waals surface area contributed by atoms with Crippen molar-refractivity contribution >= 4 is 29.2 Å². The summed E-state index contributed by atoms with van der Waals surface area (Å²) in [6, 6.07) is 10.8. The first kappa shape index (κ1) is 21.2. The molecule has 2 aromatic rings. The number of likely N-dealkylation sites (N-methyl/N-ethyl adjacent to an activating group) is 1. The zero-order valence-corrected chi connectivity index (χ0v) is 16.1. The molecular weight excluding hydrogens is 388 g/mol. The average Bonchev–Trinajstić information content (AvgIpc) is 2.67. The van der Waals surface area contributed by atoms with Crippen LogP contribution in [0, 0.1) is 10.1 Å². The number of benzene rings is 2. The minimum atomic E-state index is -0.845. The molecule has 0 N–H and O–H groups in total. The summed E-state index contributed by atoms with van der Waals surface area (Å²) in [6.45, 7) is 2.31. The first-order chi connectivity index (χ1) is 13.3. The predicted octanol–water partition coefficient (Wildman–Crippen LogP) is 3.46. The van der Waals surface area contributed by atoms with Crippen molar-refractivity contribution in [2.24, 2.45) is 0 Å². The molecule has 0 aromatic heterocycles. The van der Waals surface area contributed by atoms with Gasteiger partial charge in [-0.1, -0.05) is 23.7 Å². The lowest BCUT2D eigenvalue weighted by atomic mass is 10.2. The molecule has 0 atom stereocenters. The number of rotatable bonds is 8. The highest BCUT2D eigenvalue weighted by Crippen LogP contribution is 2.25. The number of halogens is 1. The number of amides is 1. The van der Waals surface area contributed by atoms with E-state index in [1.54, 1.807) is 7.05 Å². The molecule has 2 aromatic carbocycles. The van der Waals surface area contributed by atoms with Crippen LogP contribution in [0.15, 0.2) is 42.5 Å². The molecule has 148 valence electrons. The van der Waals surface area contributed by atoms with Gasteiger partial charge in [0.1, 0.15) is 10.8 Å². The van der Waals surface area contributed by atoms with Gasteiger partial charge in [0.05, 0.1) is 17.1 Å². The molecule has 0 bridgehead atoms. The lowest BCUT2D eigenvalue weighted by Gasteiger charge is -2.17. The fourth-order valence-electron chi connectivity index (χ4n) is 2.32. The summed E-state index contributed by atoms with van der Waals surface area (Å²) in [5.41, 5.74) is 0.423. The van der Waals surface area contributed by atoms with Gasteiger partial charge >= 0.3 is 5.97 Å². The highest BCUT2D eigenvalue weighted by molar-refractivity contribution is 6.32. The predicted molar refractivity (Wildman–Crippen MR) is 102 cm³/mol. The van der Waals surface area contributed by atoms with Gasteiger partial charge in [0, 0.05) is 19.7 Å². The van der Waals surface area contributed by atoms with Crippen LogP contribution in [-0.4, -0.2) is 42.0 Å². The SMILES string of the molecule is CCOc1ccc(CN(C)C(=O)COC(=O)c2ccc(Cl)c([N+](=O)[O-])c2)cc1. The van der Waals surface area contributed by atoms with Crippen molar-refractivity contribution in [3.05, 3.63) is 68.7 Å². The van der Waals surface area contributed by atoms with Gasteiger partial charge in [-0.15, -0.1) is 0 Å². The maximum Gasteiger partial charge on any atom is 0.338 e. The quantitative estimate of drug-likeness (QED) is 0.378. The van der Waals surface area contributed by atoms with Crippen LogP contribution in [-0.2, 0) is 16.1 Å². The Kier molecular flexibility index (Phi) is 7.34. The van der Waals surface area contributed by atoms with E-state index in [1.165, 1.54) is 17.0 Å². The summed E-state index contributed by atoms with van der Waals surface area (Å²) >= 11 is 5.71. The van der Waals surface area contributed by atoms with Gasteiger partial charge in [-0.05, 0) is 36.8 Å². The molecule has 0 aliphatic heterocycles. The monoisotopic (exact) mass is 406 g/mol. The Bertz CT molecular complexity index is 869. The van der Waals surface area contributed by atoms with E-state index in [4.69, 9.17) is 21.1 Å². The van der Waals surface area contributed by atoms with Gasteiger partial charge in [-0.2, -0.15) is 0 Å². The largest absolute Gasteiger partial charge is 0.494 e. The van der Waals surface area contributed by atoms with Gasteiger partial charge in [-0.25, -0.2) is 4.79 Å². The van der Waals surface area contributed by atoms with Crippen molar-refractivity contribution in [3.8, 4) is 5.75 Å². The maximum atomic E-state index is 12.2. The van der Waals surface area contributed by atoms with Crippen LogP contribution >= 0.6 is 11.6 Å². The molecule has 0 saturated heterocycles. The van der Waals surface area contributed by atoms with E-state index in [0.29, 0.717) is 13.2 Å². The number of ether oxygens (including phenoxy) is 2. The topological polar surface area (TPSA) is 99.0 Å². The summed E-state index contributed by atoms with van der Waals surface area (Å²) in [6.07, 6.45) is 0. The Labute approximate surface area is 166 Å². The number of carbonyl (C=O) groups is 2. The minimum Gasteiger partial charge on any atom is -0.494 e. The number of nitro groups is 1. The van der Waals surface area contributed by atoms with E-state index < -0.39 is 29.1 Å². The zero-order chi connectivity index (χ0) is 20.7. The fraction of sp³-hybridized carbons (Fsp3) is 0.263. The molecule has 1 amide bonds. The first-order valence-electron chi connectivity index (χ1n) is 8.38. The number of nitrogens with zero attached hydrogens (tertiary/aromatic N) is 2. The standard InChI is InChI=1S/C19H19ClN2O6/c1-3-27-15-7-4-13(5-8-15)11-21(2)18(23)12-28-19(24)14-6-9-16(20)17(10-14)22(25)26/h4-10H,3,11-12H2,1-2H3.